The van der Waals surface area contributed by atoms with Crippen LogP contribution in [0.2, 0.25) is 0 Å². The smallest absolute Gasteiger partial charge is 0.338 e. The molecule has 0 fully saturated rings. The van der Waals surface area contributed by atoms with Gasteiger partial charge in [-0.05, 0) is 81.6 Å². The third-order valence-corrected chi connectivity index (χ3v) is 4.28. The van der Waals surface area contributed by atoms with Crippen molar-refractivity contribution in [2.45, 2.75) is 6.10 Å². The third kappa shape index (κ3) is 6.02. The summed E-state index contributed by atoms with van der Waals surface area (Å²) in [5.74, 6) is -1.06. The zero-order valence-corrected chi connectivity index (χ0v) is 16.8. The van der Waals surface area contributed by atoms with Crippen molar-refractivity contribution >= 4 is 57.1 Å². The van der Waals surface area contributed by atoms with Gasteiger partial charge in [-0.3, -0.25) is 0 Å². The number of benzene rings is 2. The summed E-state index contributed by atoms with van der Waals surface area (Å²) in [7, 11) is 0. The van der Waals surface area contributed by atoms with Crippen LogP contribution in [0.15, 0.2) is 48.5 Å². The Bertz CT molecular complexity index is 671. The van der Waals surface area contributed by atoms with Gasteiger partial charge in [-0.2, -0.15) is 0 Å². The molecule has 24 heavy (non-hydrogen) atoms. The molecule has 0 heterocycles. The number of carbonyl (C=O) groups is 2. The molecule has 7 heteroatoms. The molecule has 0 saturated heterocycles. The summed E-state index contributed by atoms with van der Waals surface area (Å²) < 4.78 is 11.9. The van der Waals surface area contributed by atoms with Crippen LogP contribution < -0.4 is 0 Å². The fraction of sp³-hybridized carbons (Fsp3) is 0.176. The Morgan fingerprint density at radius 3 is 1.67 bits per heavy atom. The lowest BCUT2D eigenvalue weighted by Gasteiger charge is -2.12. The normalized spacial score (nSPS) is 10.5. The molecule has 0 bridgehead atoms. The van der Waals surface area contributed by atoms with E-state index >= 15 is 0 Å². The number of hydrogen-bond donors (Lipinski definition) is 1. The third-order valence-electron chi connectivity index (χ3n) is 2.93. The second-order valence-electron chi connectivity index (χ2n) is 4.87. The fourth-order valence-electron chi connectivity index (χ4n) is 1.79. The number of hydrogen-bond acceptors (Lipinski definition) is 5. The number of esters is 2. The summed E-state index contributed by atoms with van der Waals surface area (Å²) >= 11 is 4.19. The number of ether oxygens (including phenoxy) is 2. The summed E-state index contributed by atoms with van der Waals surface area (Å²) in [4.78, 5) is 23.7. The molecule has 2 aromatic carbocycles. The number of rotatable bonds is 6. The molecule has 0 amide bonds. The van der Waals surface area contributed by atoms with E-state index in [0.717, 1.165) is 7.14 Å². The Kier molecular flexibility index (Phi) is 7.43. The van der Waals surface area contributed by atoms with Crippen molar-refractivity contribution in [3.63, 3.8) is 0 Å². The SMILES string of the molecule is O=C(OCC(O)COC(=O)c1cccc(I)c1)c1cccc(I)c1. The van der Waals surface area contributed by atoms with Crippen LogP contribution >= 0.6 is 45.2 Å². The Morgan fingerprint density at radius 1 is 0.875 bits per heavy atom. The van der Waals surface area contributed by atoms with Gasteiger partial charge in [-0.15, -0.1) is 0 Å². The maximum Gasteiger partial charge on any atom is 0.338 e. The van der Waals surface area contributed by atoms with Gasteiger partial charge in [-0.25, -0.2) is 9.59 Å². The standard InChI is InChI=1S/C17H14I2O5/c18-13-5-1-3-11(7-13)16(21)23-9-15(20)10-24-17(22)12-4-2-6-14(19)8-12/h1-8,15,20H,9-10H2. The summed E-state index contributed by atoms with van der Waals surface area (Å²) in [6, 6.07) is 13.9. The maximum absolute atomic E-state index is 11.9. The average molecular weight is 552 g/mol. The van der Waals surface area contributed by atoms with E-state index in [4.69, 9.17) is 9.47 Å². The zero-order chi connectivity index (χ0) is 17.5. The van der Waals surface area contributed by atoms with Gasteiger partial charge in [0.05, 0.1) is 11.1 Å². The number of carbonyl (C=O) groups excluding carboxylic acids is 2. The molecule has 126 valence electrons. The van der Waals surface area contributed by atoms with E-state index in [0.29, 0.717) is 11.1 Å². The summed E-state index contributed by atoms with van der Waals surface area (Å²) in [6.45, 7) is -0.492. The first-order valence-corrected chi connectivity index (χ1v) is 9.15. The van der Waals surface area contributed by atoms with Gasteiger partial charge >= 0.3 is 11.9 Å². The summed E-state index contributed by atoms with van der Waals surface area (Å²) in [6.07, 6.45) is -1.08. The molecule has 5 nitrogen and oxygen atoms in total. The molecule has 0 aromatic heterocycles. The Labute approximate surface area is 166 Å². The van der Waals surface area contributed by atoms with E-state index in [2.05, 4.69) is 45.2 Å². The molecule has 2 aromatic rings. The Hall–Kier alpha value is -1.20. The maximum atomic E-state index is 11.9. The average Bonchev–Trinajstić information content (AvgIpc) is 2.57. The van der Waals surface area contributed by atoms with Crippen LogP contribution in [0.25, 0.3) is 0 Å². The van der Waals surface area contributed by atoms with Gasteiger partial charge in [0.15, 0.2) is 0 Å². The van der Waals surface area contributed by atoms with E-state index in [1.165, 1.54) is 0 Å². The Morgan fingerprint density at radius 2 is 1.29 bits per heavy atom. The van der Waals surface area contributed by atoms with E-state index in [1.807, 2.05) is 12.1 Å². The lowest BCUT2D eigenvalue weighted by atomic mass is 10.2. The van der Waals surface area contributed by atoms with E-state index in [-0.39, 0.29) is 13.2 Å². The zero-order valence-electron chi connectivity index (χ0n) is 12.4. The minimum atomic E-state index is -1.08. The van der Waals surface area contributed by atoms with Gasteiger partial charge in [0.2, 0.25) is 0 Å². The van der Waals surface area contributed by atoms with Crippen molar-refractivity contribution in [2.24, 2.45) is 0 Å². The second kappa shape index (κ2) is 9.33. The van der Waals surface area contributed by atoms with Gasteiger partial charge < -0.3 is 14.6 Å². The van der Waals surface area contributed by atoms with Crippen molar-refractivity contribution in [1.82, 2.24) is 0 Å². The first-order chi connectivity index (χ1) is 11.5. The fourth-order valence-corrected chi connectivity index (χ4v) is 2.88. The van der Waals surface area contributed by atoms with Crippen molar-refractivity contribution in [3.05, 3.63) is 66.8 Å². The molecule has 0 aliphatic rings. The van der Waals surface area contributed by atoms with Gasteiger partial charge in [0.1, 0.15) is 19.3 Å². The minimum absolute atomic E-state index is 0.246. The predicted molar refractivity (Wildman–Crippen MR) is 105 cm³/mol. The highest BCUT2D eigenvalue weighted by atomic mass is 127. The van der Waals surface area contributed by atoms with Gasteiger partial charge in [-0.1, -0.05) is 12.1 Å². The lowest BCUT2D eigenvalue weighted by molar-refractivity contribution is -0.00470. The molecular weight excluding hydrogens is 538 g/mol. The van der Waals surface area contributed by atoms with Crippen LogP contribution in [0.5, 0.6) is 0 Å². The molecule has 0 aliphatic carbocycles. The van der Waals surface area contributed by atoms with Crippen LogP contribution in [-0.4, -0.2) is 36.4 Å². The predicted octanol–water partition coefficient (Wildman–Crippen LogP) is 3.27. The van der Waals surface area contributed by atoms with E-state index in [9.17, 15) is 14.7 Å². The van der Waals surface area contributed by atoms with E-state index < -0.39 is 18.0 Å². The molecule has 0 aliphatic heterocycles. The largest absolute Gasteiger partial charge is 0.459 e. The monoisotopic (exact) mass is 552 g/mol. The first-order valence-electron chi connectivity index (χ1n) is 6.99. The molecule has 0 spiro atoms. The van der Waals surface area contributed by atoms with Crippen LogP contribution in [0.4, 0.5) is 0 Å². The Balaban J connectivity index is 1.78. The molecule has 0 unspecified atom stereocenters. The van der Waals surface area contributed by atoms with Crippen LogP contribution in [0, 0.1) is 7.14 Å². The van der Waals surface area contributed by atoms with Gasteiger partial charge in [0.25, 0.3) is 0 Å². The molecule has 0 atom stereocenters. The topological polar surface area (TPSA) is 72.8 Å². The second-order valence-corrected chi connectivity index (χ2v) is 7.36. The molecule has 1 N–H and O–H groups in total. The van der Waals surface area contributed by atoms with Crippen molar-refractivity contribution < 1.29 is 24.2 Å². The van der Waals surface area contributed by atoms with Crippen molar-refractivity contribution in [2.75, 3.05) is 13.2 Å². The number of halogens is 2. The summed E-state index contributed by atoms with van der Waals surface area (Å²) in [5.41, 5.74) is 0.815. The highest BCUT2D eigenvalue weighted by molar-refractivity contribution is 14.1. The van der Waals surface area contributed by atoms with Gasteiger partial charge in [0, 0.05) is 7.14 Å². The number of aliphatic hydroxyl groups is 1. The highest BCUT2D eigenvalue weighted by Crippen LogP contribution is 2.10. The van der Waals surface area contributed by atoms with E-state index in [1.54, 1.807) is 36.4 Å². The summed E-state index contributed by atoms with van der Waals surface area (Å²) in [5, 5.41) is 9.79. The lowest BCUT2D eigenvalue weighted by Crippen LogP contribution is -2.25. The molecule has 0 radical (unpaired) electrons. The minimum Gasteiger partial charge on any atom is -0.459 e. The number of aliphatic hydroxyl groups excluding tert-OH is 1. The molecule has 2 rings (SSSR count). The van der Waals surface area contributed by atoms with Crippen LogP contribution in [0.3, 0.4) is 0 Å². The molecular formula is C17H14I2O5. The highest BCUT2D eigenvalue weighted by Gasteiger charge is 2.14. The van der Waals surface area contributed by atoms with Crippen molar-refractivity contribution in [1.29, 1.82) is 0 Å². The first kappa shape index (κ1) is 19.1. The van der Waals surface area contributed by atoms with Crippen LogP contribution in [-0.2, 0) is 9.47 Å². The molecule has 0 saturated carbocycles. The van der Waals surface area contributed by atoms with Crippen molar-refractivity contribution in [3.8, 4) is 0 Å². The quantitative estimate of drug-likeness (QED) is 0.441. The van der Waals surface area contributed by atoms with Crippen LogP contribution in [0.1, 0.15) is 20.7 Å².